The molecule has 100 valence electrons. The molecule has 0 radical (unpaired) electrons. The molecule has 2 rings (SSSR count). The first kappa shape index (κ1) is 15.5. The van der Waals surface area contributed by atoms with Crippen molar-refractivity contribution in [2.75, 3.05) is 30.3 Å². The van der Waals surface area contributed by atoms with Crippen LogP contribution in [0.25, 0.3) is 0 Å². The third kappa shape index (κ3) is 4.54. The van der Waals surface area contributed by atoms with Crippen LogP contribution in [0.1, 0.15) is 13.3 Å². The molecule has 0 aliphatic carbocycles. The normalized spacial score (nSPS) is 33.6. The predicted octanol–water partition coefficient (Wildman–Crippen LogP) is 1.37. The van der Waals surface area contributed by atoms with Gasteiger partial charge < -0.3 is 10.6 Å². The first-order chi connectivity index (χ1) is 7.77. The molecular weight excluding hydrogens is 276 g/mol. The van der Waals surface area contributed by atoms with Crippen LogP contribution in [0.15, 0.2) is 0 Å². The molecule has 2 heterocycles. The molecule has 0 aromatic rings. The number of hydrogen-bond donors (Lipinski definition) is 2. The Morgan fingerprint density at radius 2 is 2.24 bits per heavy atom. The second-order valence-corrected chi connectivity index (χ2v) is 6.98. The van der Waals surface area contributed by atoms with Crippen LogP contribution in [-0.4, -0.2) is 47.5 Å². The van der Waals surface area contributed by atoms with Gasteiger partial charge in [0.2, 0.25) is 5.91 Å². The van der Waals surface area contributed by atoms with Crippen LogP contribution in [0, 0.1) is 5.92 Å². The lowest BCUT2D eigenvalue weighted by atomic mass is 9.95. The largest absolute Gasteiger partial charge is 0.351 e. The molecule has 0 bridgehead atoms. The monoisotopic (exact) mass is 296 g/mol. The topological polar surface area (TPSA) is 41.1 Å². The molecule has 6 heteroatoms. The van der Waals surface area contributed by atoms with Gasteiger partial charge in [0.05, 0.1) is 5.25 Å². The summed E-state index contributed by atoms with van der Waals surface area (Å²) in [4.78, 5) is 12.0. The van der Waals surface area contributed by atoms with Crippen molar-refractivity contribution in [1.29, 1.82) is 0 Å². The van der Waals surface area contributed by atoms with Gasteiger partial charge in [0.1, 0.15) is 0 Å². The molecule has 0 spiro atoms. The van der Waals surface area contributed by atoms with Crippen molar-refractivity contribution in [1.82, 2.24) is 10.6 Å². The van der Waals surface area contributed by atoms with E-state index in [9.17, 15) is 4.79 Å². The molecule has 3 atom stereocenters. The van der Waals surface area contributed by atoms with Crippen molar-refractivity contribution in [2.45, 2.75) is 24.6 Å². The van der Waals surface area contributed by atoms with Gasteiger partial charge in [0, 0.05) is 29.8 Å². The van der Waals surface area contributed by atoms with Gasteiger partial charge in [-0.15, -0.1) is 24.2 Å². The molecule has 2 fully saturated rings. The van der Waals surface area contributed by atoms with Crippen molar-refractivity contribution in [2.24, 2.45) is 5.92 Å². The van der Waals surface area contributed by atoms with Gasteiger partial charge in [-0.05, 0) is 18.9 Å². The number of carbonyl (C=O) groups is 1. The highest BCUT2D eigenvalue weighted by Crippen LogP contribution is 2.24. The fourth-order valence-electron chi connectivity index (χ4n) is 2.10. The number of amides is 1. The third-order valence-corrected chi connectivity index (χ3v) is 6.02. The van der Waals surface area contributed by atoms with E-state index in [1.54, 1.807) is 0 Å². The lowest BCUT2D eigenvalue weighted by molar-refractivity contribution is -0.121. The van der Waals surface area contributed by atoms with Crippen molar-refractivity contribution in [3.8, 4) is 0 Å². The zero-order chi connectivity index (χ0) is 11.4. The van der Waals surface area contributed by atoms with Crippen LogP contribution in [0.5, 0.6) is 0 Å². The standard InChI is InChI=1S/C11H20N2OS2.ClH/c1-8-2-3-12-6-9(8)13-11(14)10-7-15-4-5-16-10;/h8-10,12H,2-7H2,1H3,(H,13,14);1H. The molecule has 0 aromatic carbocycles. The Kier molecular flexibility index (Phi) is 7.07. The summed E-state index contributed by atoms with van der Waals surface area (Å²) in [6, 6.07) is 0.328. The average Bonchev–Trinajstić information content (AvgIpc) is 2.33. The maximum atomic E-state index is 12.0. The first-order valence-electron chi connectivity index (χ1n) is 5.98. The van der Waals surface area contributed by atoms with Gasteiger partial charge in [-0.2, -0.15) is 11.8 Å². The quantitative estimate of drug-likeness (QED) is 0.808. The maximum Gasteiger partial charge on any atom is 0.234 e. The minimum atomic E-state index is 0. The second kappa shape index (κ2) is 7.77. The zero-order valence-corrected chi connectivity index (χ0v) is 12.6. The van der Waals surface area contributed by atoms with Gasteiger partial charge in [-0.1, -0.05) is 6.92 Å². The summed E-state index contributed by atoms with van der Waals surface area (Å²) in [5.41, 5.74) is 0. The van der Waals surface area contributed by atoms with E-state index >= 15 is 0 Å². The van der Waals surface area contributed by atoms with Crippen LogP contribution in [-0.2, 0) is 4.79 Å². The van der Waals surface area contributed by atoms with Gasteiger partial charge in [-0.25, -0.2) is 0 Å². The van der Waals surface area contributed by atoms with Crippen LogP contribution in [0.2, 0.25) is 0 Å². The van der Waals surface area contributed by atoms with Crippen LogP contribution >= 0.6 is 35.9 Å². The Labute approximate surface area is 118 Å². The molecule has 0 aromatic heterocycles. The highest BCUT2D eigenvalue weighted by atomic mass is 35.5. The van der Waals surface area contributed by atoms with Crippen LogP contribution in [0.3, 0.4) is 0 Å². The van der Waals surface area contributed by atoms with Crippen molar-refractivity contribution in [3.63, 3.8) is 0 Å². The lowest BCUT2D eigenvalue weighted by Gasteiger charge is -2.32. The van der Waals surface area contributed by atoms with E-state index in [1.807, 2.05) is 23.5 Å². The molecule has 2 aliphatic rings. The van der Waals surface area contributed by atoms with Crippen molar-refractivity contribution < 1.29 is 4.79 Å². The average molecular weight is 297 g/mol. The van der Waals surface area contributed by atoms with Gasteiger partial charge in [0.25, 0.3) is 0 Å². The maximum absolute atomic E-state index is 12.0. The number of hydrogen-bond acceptors (Lipinski definition) is 4. The number of piperidine rings is 1. The summed E-state index contributed by atoms with van der Waals surface area (Å²) in [5, 5.41) is 6.72. The third-order valence-electron chi connectivity index (χ3n) is 3.26. The summed E-state index contributed by atoms with van der Waals surface area (Å²) in [7, 11) is 0. The van der Waals surface area contributed by atoms with Crippen LogP contribution in [0.4, 0.5) is 0 Å². The number of carbonyl (C=O) groups excluding carboxylic acids is 1. The first-order valence-corrected chi connectivity index (χ1v) is 8.18. The summed E-state index contributed by atoms with van der Waals surface area (Å²) >= 11 is 3.70. The molecule has 0 saturated carbocycles. The van der Waals surface area contributed by atoms with E-state index < -0.39 is 0 Å². The van der Waals surface area contributed by atoms with E-state index in [0.29, 0.717) is 12.0 Å². The molecule has 3 unspecified atom stereocenters. The summed E-state index contributed by atoms with van der Waals surface area (Å²) in [6.45, 7) is 4.24. The molecule has 1 amide bonds. The molecule has 2 saturated heterocycles. The van der Waals surface area contributed by atoms with Crippen LogP contribution < -0.4 is 10.6 Å². The van der Waals surface area contributed by atoms with E-state index in [4.69, 9.17) is 0 Å². The van der Waals surface area contributed by atoms with Gasteiger partial charge in [-0.3, -0.25) is 4.79 Å². The fraction of sp³-hybridized carbons (Fsp3) is 0.909. The Hall–Kier alpha value is 0.420. The fourth-order valence-corrected chi connectivity index (χ4v) is 4.66. The molecule has 2 aliphatic heterocycles. The highest BCUT2D eigenvalue weighted by molar-refractivity contribution is 8.07. The van der Waals surface area contributed by atoms with Gasteiger partial charge in [0.15, 0.2) is 0 Å². The molecule has 17 heavy (non-hydrogen) atoms. The van der Waals surface area contributed by atoms with E-state index in [0.717, 1.165) is 31.0 Å². The second-order valence-electron chi connectivity index (χ2n) is 4.52. The Morgan fingerprint density at radius 1 is 1.41 bits per heavy atom. The SMILES string of the molecule is CC1CCNCC1NC(=O)C1CSCCS1.Cl. The highest BCUT2D eigenvalue weighted by Gasteiger charge is 2.27. The Balaban J connectivity index is 0.00000144. The smallest absolute Gasteiger partial charge is 0.234 e. The minimum absolute atomic E-state index is 0. The molecular formula is C11H21ClN2OS2. The number of thioether (sulfide) groups is 2. The Morgan fingerprint density at radius 3 is 2.88 bits per heavy atom. The summed E-state index contributed by atoms with van der Waals surface area (Å²) in [6.07, 6.45) is 1.16. The van der Waals surface area contributed by atoms with Crippen molar-refractivity contribution in [3.05, 3.63) is 0 Å². The van der Waals surface area contributed by atoms with E-state index in [2.05, 4.69) is 17.6 Å². The summed E-state index contributed by atoms with van der Waals surface area (Å²) < 4.78 is 0. The number of rotatable bonds is 2. The molecule has 3 nitrogen and oxygen atoms in total. The van der Waals surface area contributed by atoms with E-state index in [1.165, 1.54) is 5.75 Å². The Bertz CT molecular complexity index is 250. The molecule has 2 N–H and O–H groups in total. The van der Waals surface area contributed by atoms with Crippen molar-refractivity contribution >= 4 is 41.8 Å². The predicted molar refractivity (Wildman–Crippen MR) is 79.4 cm³/mol. The van der Waals surface area contributed by atoms with Gasteiger partial charge >= 0.3 is 0 Å². The van der Waals surface area contributed by atoms with E-state index in [-0.39, 0.29) is 23.6 Å². The number of nitrogens with one attached hydrogen (secondary N) is 2. The zero-order valence-electron chi connectivity index (χ0n) is 10.1. The number of halogens is 1. The minimum Gasteiger partial charge on any atom is -0.351 e. The summed E-state index contributed by atoms with van der Waals surface area (Å²) in [5.74, 6) is 4.13. The lowest BCUT2D eigenvalue weighted by Crippen LogP contribution is -2.52.